The van der Waals surface area contributed by atoms with Crippen molar-refractivity contribution in [3.8, 4) is 0 Å². The van der Waals surface area contributed by atoms with Crippen LogP contribution in [0.1, 0.15) is 5.56 Å². The van der Waals surface area contributed by atoms with Gasteiger partial charge in [0.25, 0.3) is 0 Å². The first-order chi connectivity index (χ1) is 10.8. The van der Waals surface area contributed by atoms with Crippen molar-refractivity contribution in [2.24, 2.45) is 0 Å². The molecule has 0 unspecified atom stereocenters. The van der Waals surface area contributed by atoms with Gasteiger partial charge >= 0.3 is 6.03 Å². The molecule has 3 rings (SSSR count). The minimum absolute atomic E-state index is 0.0175. The minimum Gasteiger partial charge on any atom is -0.338 e. The number of nitrogens with one attached hydrogen (secondary N) is 1. The Kier molecular flexibility index (Phi) is 4.85. The lowest BCUT2D eigenvalue weighted by Gasteiger charge is -2.34. The summed E-state index contributed by atoms with van der Waals surface area (Å²) in [6.45, 7) is 3.60. The molecule has 1 aliphatic heterocycles. The molecule has 1 saturated heterocycles. The van der Waals surface area contributed by atoms with Crippen molar-refractivity contribution >= 4 is 23.3 Å². The lowest BCUT2D eigenvalue weighted by Crippen LogP contribution is -2.52. The Balaban J connectivity index is 1.42. The molecule has 7 heteroatoms. The molecule has 0 bridgehead atoms. The third-order valence-corrected chi connectivity index (χ3v) is 4.40. The van der Waals surface area contributed by atoms with Crippen LogP contribution in [0.5, 0.6) is 0 Å². The molecule has 2 amide bonds. The summed E-state index contributed by atoms with van der Waals surface area (Å²) in [5.74, 6) is 0.736. The number of hydrogen-bond donors (Lipinski definition) is 1. The third-order valence-electron chi connectivity index (χ3n) is 3.67. The van der Waals surface area contributed by atoms with Gasteiger partial charge in [0.1, 0.15) is 0 Å². The number of hydrogen-bond acceptors (Lipinski definition) is 5. The zero-order chi connectivity index (χ0) is 15.2. The van der Waals surface area contributed by atoms with Gasteiger partial charge in [0.15, 0.2) is 0 Å². The molecule has 0 aromatic carbocycles. The van der Waals surface area contributed by atoms with Crippen molar-refractivity contribution < 1.29 is 4.79 Å². The Morgan fingerprint density at radius 3 is 2.68 bits per heavy atom. The zero-order valence-corrected chi connectivity index (χ0v) is 13.1. The van der Waals surface area contributed by atoms with Gasteiger partial charge in [-0.1, -0.05) is 0 Å². The summed E-state index contributed by atoms with van der Waals surface area (Å²) in [6, 6.07) is 3.92. The maximum atomic E-state index is 12.1. The van der Waals surface area contributed by atoms with Gasteiger partial charge in [-0.3, -0.25) is 0 Å². The fourth-order valence-corrected chi connectivity index (χ4v) is 3.13. The molecule has 22 heavy (non-hydrogen) atoms. The summed E-state index contributed by atoms with van der Waals surface area (Å²) in [4.78, 5) is 24.6. The fourth-order valence-electron chi connectivity index (χ4n) is 2.42. The second-order valence-corrected chi connectivity index (χ2v) is 5.92. The van der Waals surface area contributed by atoms with E-state index in [0.29, 0.717) is 19.6 Å². The number of piperazine rings is 1. The summed E-state index contributed by atoms with van der Waals surface area (Å²) in [6.07, 6.45) is 4.37. The van der Waals surface area contributed by atoms with Crippen molar-refractivity contribution in [3.05, 3.63) is 40.8 Å². The van der Waals surface area contributed by atoms with E-state index >= 15 is 0 Å². The molecule has 3 heterocycles. The van der Waals surface area contributed by atoms with E-state index in [1.54, 1.807) is 29.8 Å². The van der Waals surface area contributed by atoms with Crippen molar-refractivity contribution in [2.75, 3.05) is 37.6 Å². The van der Waals surface area contributed by atoms with E-state index in [2.05, 4.69) is 37.0 Å². The SMILES string of the molecule is O=C(NCCc1ccsc1)N1CCN(c2ncccn2)CC1. The monoisotopic (exact) mass is 317 g/mol. The highest BCUT2D eigenvalue weighted by Crippen LogP contribution is 2.10. The molecule has 1 N–H and O–H groups in total. The van der Waals surface area contributed by atoms with Crippen LogP contribution in [0.25, 0.3) is 0 Å². The maximum Gasteiger partial charge on any atom is 0.317 e. The van der Waals surface area contributed by atoms with Gasteiger partial charge in [-0.15, -0.1) is 0 Å². The van der Waals surface area contributed by atoms with Crippen LogP contribution in [0.15, 0.2) is 35.3 Å². The molecule has 6 nitrogen and oxygen atoms in total. The van der Waals surface area contributed by atoms with Crippen molar-refractivity contribution in [1.29, 1.82) is 0 Å². The maximum absolute atomic E-state index is 12.1. The molecule has 1 aliphatic rings. The molecule has 0 radical (unpaired) electrons. The van der Waals surface area contributed by atoms with Crippen LogP contribution in [0, 0.1) is 0 Å². The average Bonchev–Trinajstić information content (AvgIpc) is 3.09. The van der Waals surface area contributed by atoms with Crippen molar-refractivity contribution in [1.82, 2.24) is 20.2 Å². The first-order valence-electron chi connectivity index (χ1n) is 7.39. The second kappa shape index (κ2) is 7.22. The number of rotatable bonds is 4. The van der Waals surface area contributed by atoms with Crippen LogP contribution in [-0.2, 0) is 6.42 Å². The molecule has 1 fully saturated rings. The van der Waals surface area contributed by atoms with E-state index in [9.17, 15) is 4.79 Å². The van der Waals surface area contributed by atoms with E-state index in [-0.39, 0.29) is 6.03 Å². The van der Waals surface area contributed by atoms with Gasteiger partial charge < -0.3 is 15.1 Å². The second-order valence-electron chi connectivity index (χ2n) is 5.14. The summed E-state index contributed by atoms with van der Waals surface area (Å²) in [7, 11) is 0. The zero-order valence-electron chi connectivity index (χ0n) is 12.3. The van der Waals surface area contributed by atoms with Crippen LogP contribution in [0.4, 0.5) is 10.7 Å². The Labute approximate surface area is 133 Å². The molecule has 0 spiro atoms. The van der Waals surface area contributed by atoms with Crippen molar-refractivity contribution in [3.63, 3.8) is 0 Å². The fraction of sp³-hybridized carbons (Fsp3) is 0.400. The van der Waals surface area contributed by atoms with Gasteiger partial charge in [-0.2, -0.15) is 11.3 Å². The quantitative estimate of drug-likeness (QED) is 0.931. The molecular weight excluding hydrogens is 298 g/mol. The Hall–Kier alpha value is -2.15. The third kappa shape index (κ3) is 3.73. The van der Waals surface area contributed by atoms with Gasteiger partial charge in [0, 0.05) is 45.1 Å². The van der Waals surface area contributed by atoms with Crippen LogP contribution in [0.2, 0.25) is 0 Å². The molecule has 0 saturated carbocycles. The van der Waals surface area contributed by atoms with E-state index in [1.807, 2.05) is 4.90 Å². The summed E-state index contributed by atoms with van der Waals surface area (Å²) < 4.78 is 0. The molecule has 2 aromatic heterocycles. The number of urea groups is 1. The van der Waals surface area contributed by atoms with Gasteiger partial charge in [-0.05, 0) is 34.9 Å². The van der Waals surface area contributed by atoms with Gasteiger partial charge in [-0.25, -0.2) is 14.8 Å². The van der Waals surface area contributed by atoms with Crippen LogP contribution in [0.3, 0.4) is 0 Å². The smallest absolute Gasteiger partial charge is 0.317 e. The van der Waals surface area contributed by atoms with E-state index < -0.39 is 0 Å². The highest BCUT2D eigenvalue weighted by molar-refractivity contribution is 7.07. The van der Waals surface area contributed by atoms with E-state index in [4.69, 9.17) is 0 Å². The Bertz CT molecular complexity index is 581. The molecular formula is C15H19N5OS. The summed E-state index contributed by atoms with van der Waals surface area (Å²) >= 11 is 1.68. The van der Waals surface area contributed by atoms with Crippen LogP contribution in [-0.4, -0.2) is 53.6 Å². The van der Waals surface area contributed by atoms with E-state index in [0.717, 1.165) is 25.5 Å². The number of carbonyl (C=O) groups is 1. The largest absolute Gasteiger partial charge is 0.338 e. The number of carbonyl (C=O) groups excluding carboxylic acids is 1. The normalized spacial score (nSPS) is 14.9. The molecule has 0 aliphatic carbocycles. The highest BCUT2D eigenvalue weighted by Gasteiger charge is 2.21. The number of amides is 2. The van der Waals surface area contributed by atoms with Crippen LogP contribution < -0.4 is 10.2 Å². The predicted molar refractivity (Wildman–Crippen MR) is 87.2 cm³/mol. The lowest BCUT2D eigenvalue weighted by atomic mass is 10.2. The average molecular weight is 317 g/mol. The van der Waals surface area contributed by atoms with Crippen LogP contribution >= 0.6 is 11.3 Å². The van der Waals surface area contributed by atoms with E-state index in [1.165, 1.54) is 5.56 Å². The molecule has 116 valence electrons. The number of aromatic nitrogens is 2. The Morgan fingerprint density at radius 1 is 1.23 bits per heavy atom. The summed E-state index contributed by atoms with van der Waals surface area (Å²) in [5.41, 5.74) is 1.27. The number of thiophene rings is 1. The lowest BCUT2D eigenvalue weighted by molar-refractivity contribution is 0.194. The first kappa shape index (κ1) is 14.8. The standard InChI is InChI=1S/C15H19N5OS/c21-15(18-6-2-13-3-11-22-12-13)20-9-7-19(8-10-20)14-16-4-1-5-17-14/h1,3-5,11-12H,2,6-10H2,(H,18,21). The van der Waals surface area contributed by atoms with Gasteiger partial charge in [0.05, 0.1) is 0 Å². The van der Waals surface area contributed by atoms with Crippen molar-refractivity contribution in [2.45, 2.75) is 6.42 Å². The highest BCUT2D eigenvalue weighted by atomic mass is 32.1. The number of nitrogens with zero attached hydrogens (tertiary/aromatic N) is 4. The molecule has 2 aromatic rings. The summed E-state index contributed by atoms with van der Waals surface area (Å²) in [5, 5.41) is 7.16. The predicted octanol–water partition coefficient (Wildman–Crippen LogP) is 1.61. The number of anilines is 1. The Morgan fingerprint density at radius 2 is 2.00 bits per heavy atom. The first-order valence-corrected chi connectivity index (χ1v) is 8.33. The molecule has 0 atom stereocenters. The topological polar surface area (TPSA) is 61.4 Å². The minimum atomic E-state index is 0.0175. The van der Waals surface area contributed by atoms with Gasteiger partial charge in [0.2, 0.25) is 5.95 Å².